The number of hydrogen-bond donors (Lipinski definition) is 2. The Labute approximate surface area is 101 Å². The van der Waals surface area contributed by atoms with E-state index in [1.807, 2.05) is 6.07 Å². The zero-order chi connectivity index (χ0) is 11.4. The van der Waals surface area contributed by atoms with Crippen LogP contribution in [0.1, 0.15) is 32.1 Å². The Morgan fingerprint density at radius 3 is 2.75 bits per heavy atom. The van der Waals surface area contributed by atoms with E-state index < -0.39 is 0 Å². The van der Waals surface area contributed by atoms with Crippen LogP contribution in [0.15, 0.2) is 12.1 Å². The van der Waals surface area contributed by atoms with Crippen LogP contribution in [0.4, 0.5) is 11.5 Å². The summed E-state index contributed by atoms with van der Waals surface area (Å²) in [6.45, 7) is 0.979. The average Bonchev–Trinajstić information content (AvgIpc) is 2.27. The molecule has 0 unspecified atom stereocenters. The Bertz CT molecular complexity index is 328. The maximum Gasteiger partial charge on any atom is 0.133 e. The summed E-state index contributed by atoms with van der Waals surface area (Å²) < 4.78 is 0. The zero-order valence-corrected chi connectivity index (χ0v) is 10.1. The molecule has 3 N–H and O–H groups in total. The largest absolute Gasteiger partial charge is 0.399 e. The van der Waals surface area contributed by atoms with Crippen LogP contribution < -0.4 is 11.1 Å². The minimum Gasteiger partial charge on any atom is -0.399 e. The molecule has 1 aromatic rings. The summed E-state index contributed by atoms with van der Waals surface area (Å²) in [7, 11) is 0. The monoisotopic (exact) mass is 239 g/mol. The summed E-state index contributed by atoms with van der Waals surface area (Å²) in [6, 6.07) is 3.49. The van der Waals surface area contributed by atoms with E-state index in [0.29, 0.717) is 10.8 Å². The Balaban J connectivity index is 1.88. The minimum atomic E-state index is 0.450. The van der Waals surface area contributed by atoms with E-state index in [4.69, 9.17) is 17.3 Å². The van der Waals surface area contributed by atoms with Gasteiger partial charge in [-0.15, -0.1) is 0 Å². The topological polar surface area (TPSA) is 50.9 Å². The summed E-state index contributed by atoms with van der Waals surface area (Å²) in [5, 5.41) is 3.77. The number of rotatable bonds is 3. The van der Waals surface area contributed by atoms with Crippen molar-refractivity contribution in [1.29, 1.82) is 0 Å². The third-order valence-corrected chi connectivity index (χ3v) is 3.31. The number of nitrogens with two attached hydrogens (primary N) is 1. The molecular formula is C12H18ClN3. The van der Waals surface area contributed by atoms with E-state index in [1.54, 1.807) is 6.07 Å². The van der Waals surface area contributed by atoms with Crippen LogP contribution >= 0.6 is 11.6 Å². The Morgan fingerprint density at radius 2 is 2.06 bits per heavy atom. The van der Waals surface area contributed by atoms with Crippen LogP contribution in [0.2, 0.25) is 5.15 Å². The first-order chi connectivity index (χ1) is 7.74. The fourth-order valence-electron chi connectivity index (χ4n) is 2.25. The highest BCUT2D eigenvalue weighted by molar-refractivity contribution is 6.29. The van der Waals surface area contributed by atoms with Gasteiger partial charge in [-0.05, 0) is 24.8 Å². The molecule has 2 rings (SSSR count). The smallest absolute Gasteiger partial charge is 0.133 e. The first-order valence-corrected chi connectivity index (χ1v) is 6.29. The van der Waals surface area contributed by atoms with Crippen molar-refractivity contribution in [3.8, 4) is 0 Å². The van der Waals surface area contributed by atoms with Crippen LogP contribution in [0, 0.1) is 5.92 Å². The number of halogens is 1. The standard InChI is InChI=1S/C12H18ClN3/c13-11-6-10(14)7-12(16-11)15-8-9-4-2-1-3-5-9/h6-7,9H,1-5,8H2,(H3,14,15,16). The number of nitrogens with one attached hydrogen (secondary N) is 1. The number of hydrogen-bond acceptors (Lipinski definition) is 3. The molecule has 0 spiro atoms. The van der Waals surface area contributed by atoms with Crippen LogP contribution in [-0.4, -0.2) is 11.5 Å². The Hall–Kier alpha value is -0.960. The van der Waals surface area contributed by atoms with Crippen molar-refractivity contribution in [2.45, 2.75) is 32.1 Å². The average molecular weight is 240 g/mol. The Kier molecular flexibility index (Phi) is 3.88. The second-order valence-electron chi connectivity index (χ2n) is 4.49. The molecule has 0 bridgehead atoms. The van der Waals surface area contributed by atoms with Gasteiger partial charge in [-0.3, -0.25) is 0 Å². The van der Waals surface area contributed by atoms with E-state index in [2.05, 4.69) is 10.3 Å². The van der Waals surface area contributed by atoms with Gasteiger partial charge in [0.05, 0.1) is 0 Å². The SMILES string of the molecule is Nc1cc(Cl)nc(NCC2CCCCC2)c1. The van der Waals surface area contributed by atoms with Gasteiger partial charge in [-0.1, -0.05) is 30.9 Å². The van der Waals surface area contributed by atoms with Gasteiger partial charge in [-0.2, -0.15) is 0 Å². The fourth-order valence-corrected chi connectivity index (χ4v) is 2.46. The molecule has 0 aromatic carbocycles. The second-order valence-corrected chi connectivity index (χ2v) is 4.88. The van der Waals surface area contributed by atoms with Crippen molar-refractivity contribution in [3.05, 3.63) is 17.3 Å². The number of aromatic nitrogens is 1. The molecule has 1 aliphatic rings. The lowest BCUT2D eigenvalue weighted by Crippen LogP contribution is -2.17. The summed E-state index contributed by atoms with van der Waals surface area (Å²) in [5.74, 6) is 1.56. The number of anilines is 2. The fraction of sp³-hybridized carbons (Fsp3) is 0.583. The number of pyridine rings is 1. The third kappa shape index (κ3) is 3.27. The van der Waals surface area contributed by atoms with Gasteiger partial charge in [0, 0.05) is 18.3 Å². The molecule has 0 amide bonds. The van der Waals surface area contributed by atoms with Crippen molar-refractivity contribution < 1.29 is 0 Å². The normalized spacial score (nSPS) is 17.3. The molecule has 88 valence electrons. The lowest BCUT2D eigenvalue weighted by molar-refractivity contribution is 0.373. The number of nitrogens with zero attached hydrogens (tertiary/aromatic N) is 1. The molecule has 3 nitrogen and oxygen atoms in total. The van der Waals surface area contributed by atoms with Crippen LogP contribution in [0.3, 0.4) is 0 Å². The highest BCUT2D eigenvalue weighted by Crippen LogP contribution is 2.24. The van der Waals surface area contributed by atoms with Gasteiger partial charge in [0.2, 0.25) is 0 Å². The molecule has 1 aromatic heterocycles. The highest BCUT2D eigenvalue weighted by Gasteiger charge is 2.13. The van der Waals surface area contributed by atoms with Gasteiger partial charge < -0.3 is 11.1 Å². The molecule has 0 radical (unpaired) electrons. The first kappa shape index (κ1) is 11.5. The summed E-state index contributed by atoms with van der Waals surface area (Å²) in [6.07, 6.45) is 6.75. The van der Waals surface area contributed by atoms with E-state index in [9.17, 15) is 0 Å². The predicted octanol–water partition coefficient (Wildman–Crippen LogP) is 3.31. The van der Waals surface area contributed by atoms with Crippen LogP contribution in [0.5, 0.6) is 0 Å². The molecule has 1 fully saturated rings. The molecule has 1 aliphatic carbocycles. The quantitative estimate of drug-likeness (QED) is 0.796. The maximum atomic E-state index is 5.84. The van der Waals surface area contributed by atoms with E-state index in [1.165, 1.54) is 32.1 Å². The highest BCUT2D eigenvalue weighted by atomic mass is 35.5. The Morgan fingerprint density at radius 1 is 1.31 bits per heavy atom. The number of nitrogen functional groups attached to an aromatic ring is 1. The molecule has 4 heteroatoms. The van der Waals surface area contributed by atoms with Crippen LogP contribution in [0.25, 0.3) is 0 Å². The van der Waals surface area contributed by atoms with Crippen molar-refractivity contribution in [2.24, 2.45) is 5.92 Å². The second kappa shape index (κ2) is 5.39. The minimum absolute atomic E-state index is 0.450. The van der Waals surface area contributed by atoms with E-state index in [-0.39, 0.29) is 0 Å². The molecule has 0 aliphatic heterocycles. The van der Waals surface area contributed by atoms with Crippen molar-refractivity contribution in [2.75, 3.05) is 17.6 Å². The van der Waals surface area contributed by atoms with Gasteiger partial charge in [-0.25, -0.2) is 4.98 Å². The molecule has 0 saturated heterocycles. The molecule has 16 heavy (non-hydrogen) atoms. The van der Waals surface area contributed by atoms with E-state index in [0.717, 1.165) is 18.3 Å². The molecular weight excluding hydrogens is 222 g/mol. The van der Waals surface area contributed by atoms with Crippen molar-refractivity contribution >= 4 is 23.1 Å². The van der Waals surface area contributed by atoms with Gasteiger partial charge in [0.25, 0.3) is 0 Å². The lowest BCUT2D eigenvalue weighted by Gasteiger charge is -2.22. The zero-order valence-electron chi connectivity index (χ0n) is 9.38. The predicted molar refractivity (Wildman–Crippen MR) is 68.7 cm³/mol. The first-order valence-electron chi connectivity index (χ1n) is 5.91. The van der Waals surface area contributed by atoms with Gasteiger partial charge >= 0.3 is 0 Å². The lowest BCUT2D eigenvalue weighted by atomic mass is 9.89. The maximum absolute atomic E-state index is 5.84. The molecule has 0 atom stereocenters. The van der Waals surface area contributed by atoms with E-state index >= 15 is 0 Å². The van der Waals surface area contributed by atoms with Crippen LogP contribution in [-0.2, 0) is 0 Å². The third-order valence-electron chi connectivity index (χ3n) is 3.11. The van der Waals surface area contributed by atoms with Gasteiger partial charge in [0.1, 0.15) is 11.0 Å². The molecule has 1 saturated carbocycles. The van der Waals surface area contributed by atoms with Crippen molar-refractivity contribution in [1.82, 2.24) is 4.98 Å². The van der Waals surface area contributed by atoms with Gasteiger partial charge in [0.15, 0.2) is 0 Å². The summed E-state index contributed by atoms with van der Waals surface area (Å²) in [5.41, 5.74) is 6.36. The van der Waals surface area contributed by atoms with Crippen molar-refractivity contribution in [3.63, 3.8) is 0 Å². The molecule has 1 heterocycles. The summed E-state index contributed by atoms with van der Waals surface area (Å²) >= 11 is 5.84. The summed E-state index contributed by atoms with van der Waals surface area (Å²) in [4.78, 5) is 4.19.